The number of likely N-dealkylation sites (N-methyl/N-ethyl adjacent to an activating group) is 1. The summed E-state index contributed by atoms with van der Waals surface area (Å²) in [6.07, 6.45) is 8.97. The van der Waals surface area contributed by atoms with Gasteiger partial charge in [-0.05, 0) is 79.6 Å². The topological polar surface area (TPSA) is 106 Å². The van der Waals surface area contributed by atoms with Crippen LogP contribution in [0.3, 0.4) is 0 Å². The number of nitrogens with zero attached hydrogens (tertiary/aromatic N) is 3. The Morgan fingerprint density at radius 2 is 1.91 bits per heavy atom. The van der Waals surface area contributed by atoms with Gasteiger partial charge in [-0.25, -0.2) is 4.98 Å². The molecule has 1 aliphatic rings. The fraction of sp³-hybridized carbons (Fsp3) is 0.333. The van der Waals surface area contributed by atoms with Gasteiger partial charge in [-0.15, -0.1) is 11.3 Å². The van der Waals surface area contributed by atoms with Gasteiger partial charge >= 0.3 is 0 Å². The number of aromatic nitrogens is 2. The molecule has 0 radical (unpaired) electrons. The summed E-state index contributed by atoms with van der Waals surface area (Å²) in [6, 6.07) is 13.0. The molecular weight excluding hydrogens is 562 g/mol. The van der Waals surface area contributed by atoms with Crippen LogP contribution >= 0.6 is 11.3 Å². The number of thiophene rings is 1. The maximum Gasteiger partial charge on any atom is 0.274 e. The van der Waals surface area contributed by atoms with Crippen LogP contribution in [0.1, 0.15) is 55.3 Å². The number of carbonyl (C=O) groups is 2. The summed E-state index contributed by atoms with van der Waals surface area (Å²) in [7, 11) is 5.00. The summed E-state index contributed by atoms with van der Waals surface area (Å²) in [5.41, 5.74) is 5.22. The number of ether oxygens (including phenoxy) is 1. The van der Waals surface area contributed by atoms with Crippen molar-refractivity contribution in [3.8, 4) is 11.1 Å². The van der Waals surface area contributed by atoms with E-state index in [1.807, 2.05) is 25.1 Å². The minimum atomic E-state index is -0.218. The largest absolute Gasteiger partial charge is 0.383 e. The molecule has 0 aliphatic heterocycles. The second-order valence-corrected chi connectivity index (χ2v) is 12.0. The Balaban J connectivity index is 1.35. The maximum absolute atomic E-state index is 13.2. The normalized spacial score (nSPS) is 12.7. The van der Waals surface area contributed by atoms with Crippen molar-refractivity contribution in [3.05, 3.63) is 91.7 Å². The minimum Gasteiger partial charge on any atom is -0.383 e. The summed E-state index contributed by atoms with van der Waals surface area (Å²) in [5, 5.41) is 6.23. The zero-order chi connectivity index (χ0) is 30.5. The van der Waals surface area contributed by atoms with Gasteiger partial charge in [-0.2, -0.15) is 0 Å². The third-order valence-electron chi connectivity index (χ3n) is 7.80. The van der Waals surface area contributed by atoms with Crippen molar-refractivity contribution in [2.45, 2.75) is 39.0 Å². The fourth-order valence-electron chi connectivity index (χ4n) is 5.28. The number of rotatable bonds is 9. The second kappa shape index (κ2) is 13.4. The first-order valence-corrected chi connectivity index (χ1v) is 15.3. The van der Waals surface area contributed by atoms with E-state index in [0.717, 1.165) is 40.1 Å². The number of anilines is 3. The number of carbonyl (C=O) groups excluding carboxylic acids is 2. The molecule has 0 bridgehead atoms. The van der Waals surface area contributed by atoms with Gasteiger partial charge in [0.25, 0.3) is 17.4 Å². The number of hydrogen-bond acceptors (Lipinski definition) is 7. The molecule has 10 heteroatoms. The third kappa shape index (κ3) is 6.87. The lowest BCUT2D eigenvalue weighted by molar-refractivity contribution is 0.0743. The van der Waals surface area contributed by atoms with E-state index < -0.39 is 0 Å². The quantitative estimate of drug-likeness (QED) is 0.236. The highest BCUT2D eigenvalue weighted by Crippen LogP contribution is 2.32. The molecule has 3 heterocycles. The van der Waals surface area contributed by atoms with Crippen molar-refractivity contribution >= 4 is 40.3 Å². The number of methoxy groups -OCH3 is 1. The van der Waals surface area contributed by atoms with Gasteiger partial charge in [0.05, 0.1) is 17.0 Å². The number of fused-ring (bicyclic) bond motifs is 1. The molecule has 2 N–H and O–H groups in total. The molecule has 0 saturated carbocycles. The lowest BCUT2D eigenvalue weighted by Crippen LogP contribution is -2.30. The van der Waals surface area contributed by atoms with Crippen LogP contribution < -0.4 is 16.2 Å². The molecule has 3 aromatic heterocycles. The highest BCUT2D eigenvalue weighted by Gasteiger charge is 2.18. The number of amides is 2. The van der Waals surface area contributed by atoms with Crippen molar-refractivity contribution in [2.24, 2.45) is 7.05 Å². The number of aryl methyl sites for hydroxylation is 3. The molecule has 5 rings (SSSR count). The van der Waals surface area contributed by atoms with Gasteiger partial charge < -0.3 is 24.8 Å². The van der Waals surface area contributed by atoms with E-state index in [1.54, 1.807) is 61.8 Å². The van der Waals surface area contributed by atoms with Crippen LogP contribution in [0.25, 0.3) is 11.1 Å². The van der Waals surface area contributed by atoms with E-state index >= 15 is 0 Å². The lowest BCUT2D eigenvalue weighted by atomic mass is 10.00. The Morgan fingerprint density at radius 1 is 1.09 bits per heavy atom. The van der Waals surface area contributed by atoms with Crippen LogP contribution in [0.4, 0.5) is 17.2 Å². The van der Waals surface area contributed by atoms with Crippen LogP contribution in [0.15, 0.2) is 59.7 Å². The fourth-order valence-corrected chi connectivity index (χ4v) is 6.43. The van der Waals surface area contributed by atoms with Gasteiger partial charge in [0.1, 0.15) is 11.5 Å². The zero-order valence-corrected chi connectivity index (χ0v) is 25.8. The first-order valence-electron chi connectivity index (χ1n) is 14.5. The molecule has 1 aliphatic carbocycles. The molecule has 4 aromatic rings. The number of benzene rings is 1. The molecule has 43 heavy (non-hydrogen) atoms. The average Bonchev–Trinajstić information content (AvgIpc) is 3.29. The Kier molecular flexibility index (Phi) is 9.37. The predicted molar refractivity (Wildman–Crippen MR) is 172 cm³/mol. The first-order chi connectivity index (χ1) is 20.7. The van der Waals surface area contributed by atoms with Gasteiger partial charge in [-0.3, -0.25) is 14.4 Å². The number of pyridine rings is 2. The van der Waals surface area contributed by atoms with E-state index in [1.165, 1.54) is 40.5 Å². The molecule has 0 unspecified atom stereocenters. The van der Waals surface area contributed by atoms with Gasteiger partial charge in [0.2, 0.25) is 0 Å². The maximum atomic E-state index is 13.2. The molecule has 0 fully saturated rings. The molecular formula is C33H37N5O4S. The predicted octanol–water partition coefficient (Wildman–Crippen LogP) is 5.80. The standard InChI is InChI=1S/C33H37N5O4S/c1-21-25(10-8-11-26(21)36-31(39)29-18-22-9-6-5-7-12-28(22)43-29)24-17-27(33(41)38(3)20-24)35-30-14-13-23(19-34-30)32(40)37(2)15-16-42-4/h8,10-11,13-14,17-20H,5-7,9,12,15-16H2,1-4H3,(H,34,35)(H,36,39). The zero-order valence-electron chi connectivity index (χ0n) is 25.0. The van der Waals surface area contributed by atoms with Crippen LogP contribution in [-0.4, -0.2) is 53.6 Å². The monoisotopic (exact) mass is 599 g/mol. The van der Waals surface area contributed by atoms with Gasteiger partial charge in [-0.1, -0.05) is 18.6 Å². The van der Waals surface area contributed by atoms with E-state index in [-0.39, 0.29) is 17.4 Å². The van der Waals surface area contributed by atoms with E-state index in [9.17, 15) is 14.4 Å². The summed E-state index contributed by atoms with van der Waals surface area (Å²) < 4.78 is 6.56. The third-order valence-corrected chi connectivity index (χ3v) is 9.03. The Bertz CT molecular complexity index is 1670. The molecule has 224 valence electrons. The molecule has 0 saturated heterocycles. The van der Waals surface area contributed by atoms with E-state index in [2.05, 4.69) is 21.7 Å². The summed E-state index contributed by atoms with van der Waals surface area (Å²) in [6.45, 7) is 2.88. The SMILES string of the molecule is COCCN(C)C(=O)c1ccc(Nc2cc(-c3cccc(NC(=O)c4cc5c(s4)CCCCC5)c3C)cn(C)c2=O)nc1. The smallest absolute Gasteiger partial charge is 0.274 e. The van der Waals surface area contributed by atoms with Crippen molar-refractivity contribution in [2.75, 3.05) is 37.9 Å². The highest BCUT2D eigenvalue weighted by atomic mass is 32.1. The van der Waals surface area contributed by atoms with Gasteiger partial charge in [0.15, 0.2) is 0 Å². The second-order valence-electron chi connectivity index (χ2n) is 10.9. The minimum absolute atomic E-state index is 0.0981. The van der Waals surface area contributed by atoms with Crippen LogP contribution in [0.5, 0.6) is 0 Å². The van der Waals surface area contributed by atoms with E-state index in [0.29, 0.717) is 30.2 Å². The summed E-state index contributed by atoms with van der Waals surface area (Å²) in [5.74, 6) is 0.182. The van der Waals surface area contributed by atoms with Gasteiger partial charge in [0, 0.05) is 56.3 Å². The number of hydrogen-bond donors (Lipinski definition) is 2. The first kappa shape index (κ1) is 30.2. The van der Waals surface area contributed by atoms with Crippen molar-refractivity contribution in [1.29, 1.82) is 0 Å². The Morgan fingerprint density at radius 3 is 2.67 bits per heavy atom. The molecule has 0 spiro atoms. The number of nitrogens with one attached hydrogen (secondary N) is 2. The van der Waals surface area contributed by atoms with E-state index in [4.69, 9.17) is 4.74 Å². The average molecular weight is 600 g/mol. The van der Waals surface area contributed by atoms with Crippen molar-refractivity contribution in [1.82, 2.24) is 14.5 Å². The Labute approximate surface area is 255 Å². The van der Waals surface area contributed by atoms with Crippen molar-refractivity contribution < 1.29 is 14.3 Å². The van der Waals surface area contributed by atoms with Crippen LogP contribution in [0.2, 0.25) is 0 Å². The van der Waals surface area contributed by atoms with Crippen LogP contribution in [0, 0.1) is 6.92 Å². The molecule has 0 atom stereocenters. The van der Waals surface area contributed by atoms with Crippen molar-refractivity contribution in [3.63, 3.8) is 0 Å². The highest BCUT2D eigenvalue weighted by molar-refractivity contribution is 7.14. The Hall–Kier alpha value is -4.28. The summed E-state index contributed by atoms with van der Waals surface area (Å²) >= 11 is 1.61. The molecule has 1 aromatic carbocycles. The molecule has 9 nitrogen and oxygen atoms in total. The van der Waals surface area contributed by atoms with Crippen LogP contribution in [-0.2, 0) is 24.6 Å². The summed E-state index contributed by atoms with van der Waals surface area (Å²) in [4.78, 5) is 46.9. The molecule has 2 amide bonds. The lowest BCUT2D eigenvalue weighted by Gasteiger charge is -2.17.